The lowest BCUT2D eigenvalue weighted by molar-refractivity contribution is 0.0509. The smallest absolute Gasteiger partial charge is 0.407 e. The molecule has 0 aliphatic rings. The third kappa shape index (κ3) is 6.71. The minimum Gasteiger partial charge on any atom is -0.444 e. The largest absolute Gasteiger partial charge is 0.444 e. The molecule has 1 atom stereocenters. The third-order valence-corrected chi connectivity index (χ3v) is 3.64. The topological polar surface area (TPSA) is 104 Å². The molecule has 2 amide bonds. The molecule has 1 unspecified atom stereocenters. The number of aryl methyl sites for hydroxylation is 1. The fourth-order valence-corrected chi connectivity index (χ4v) is 2.11. The van der Waals surface area contributed by atoms with Crippen molar-refractivity contribution in [1.29, 1.82) is 5.26 Å². The van der Waals surface area contributed by atoms with Crippen LogP contribution in [-0.4, -0.2) is 35.2 Å². The maximum absolute atomic E-state index is 12.5. The molecule has 0 spiro atoms. The Balaban J connectivity index is 2.82. The fraction of sp³-hybridized carbons (Fsp3) is 0.579. The number of rotatable bonds is 4. The molecule has 2 N–H and O–H groups in total. The predicted molar refractivity (Wildman–Crippen MR) is 98.6 cm³/mol. The maximum Gasteiger partial charge on any atom is 0.407 e. The summed E-state index contributed by atoms with van der Waals surface area (Å²) >= 11 is 0. The molecule has 1 aromatic heterocycles. The first-order chi connectivity index (χ1) is 11.8. The number of hydrogen-bond acceptors (Lipinski definition) is 5. The average Bonchev–Trinajstić information content (AvgIpc) is 2.48. The van der Waals surface area contributed by atoms with Crippen molar-refractivity contribution < 1.29 is 14.3 Å². The highest BCUT2D eigenvalue weighted by atomic mass is 16.6. The van der Waals surface area contributed by atoms with Crippen molar-refractivity contribution in [3.8, 4) is 6.07 Å². The lowest BCUT2D eigenvalue weighted by atomic mass is 9.86. The first-order valence-electron chi connectivity index (χ1n) is 8.49. The molecule has 0 aliphatic heterocycles. The Kier molecular flexibility index (Phi) is 6.73. The second-order valence-electron chi connectivity index (χ2n) is 8.22. The Morgan fingerprint density at radius 3 is 2.31 bits per heavy atom. The number of amides is 2. The second kappa shape index (κ2) is 8.17. The highest BCUT2D eigenvalue weighted by Crippen LogP contribution is 2.19. The zero-order valence-corrected chi connectivity index (χ0v) is 16.6. The summed E-state index contributed by atoms with van der Waals surface area (Å²) in [5, 5.41) is 14.6. The van der Waals surface area contributed by atoms with Gasteiger partial charge >= 0.3 is 6.09 Å². The number of carbonyl (C=O) groups is 2. The first-order valence-corrected chi connectivity index (χ1v) is 8.49. The minimum absolute atomic E-state index is 0.222. The van der Waals surface area contributed by atoms with Gasteiger partial charge in [-0.05, 0) is 45.2 Å². The van der Waals surface area contributed by atoms with Crippen molar-refractivity contribution in [1.82, 2.24) is 15.6 Å². The molecule has 0 aliphatic carbocycles. The summed E-state index contributed by atoms with van der Waals surface area (Å²) in [4.78, 5) is 28.6. The normalized spacial score (nSPS) is 12.7. The Labute approximate surface area is 155 Å². The molecule has 7 heteroatoms. The number of pyridine rings is 1. The summed E-state index contributed by atoms with van der Waals surface area (Å²) in [5.41, 5.74) is 0.272. The summed E-state index contributed by atoms with van der Waals surface area (Å²) in [7, 11) is 0. The Morgan fingerprint density at radius 2 is 1.85 bits per heavy atom. The molecule has 0 bridgehead atoms. The van der Waals surface area contributed by atoms with E-state index in [1.165, 1.54) is 6.07 Å². The van der Waals surface area contributed by atoms with Crippen LogP contribution in [-0.2, 0) is 4.74 Å². The monoisotopic (exact) mass is 360 g/mol. The second-order valence-corrected chi connectivity index (χ2v) is 8.22. The van der Waals surface area contributed by atoms with Gasteiger partial charge in [-0.15, -0.1) is 0 Å². The number of nitrogens with zero attached hydrogens (tertiary/aromatic N) is 2. The van der Waals surface area contributed by atoms with Crippen LogP contribution in [0.4, 0.5) is 4.79 Å². The van der Waals surface area contributed by atoms with Crippen molar-refractivity contribution in [2.45, 2.75) is 60.1 Å². The Hall–Kier alpha value is -2.62. The van der Waals surface area contributed by atoms with E-state index in [2.05, 4.69) is 15.6 Å². The molecule has 1 aromatic rings. The van der Waals surface area contributed by atoms with Crippen molar-refractivity contribution in [3.63, 3.8) is 0 Å². The summed E-state index contributed by atoms with van der Waals surface area (Å²) in [6.45, 7) is 13.2. The molecule has 0 fully saturated rings. The molecular weight excluding hydrogens is 332 g/mol. The van der Waals surface area contributed by atoms with E-state index in [9.17, 15) is 9.59 Å². The van der Waals surface area contributed by atoms with E-state index in [4.69, 9.17) is 10.00 Å². The SMILES string of the molecule is Cc1nc(C(=O)NC(CNC(=O)OC(C)(C)C)C(C)(C)C)ccc1C#N. The van der Waals surface area contributed by atoms with E-state index in [0.717, 1.165) is 0 Å². The van der Waals surface area contributed by atoms with Gasteiger partial charge in [0.1, 0.15) is 17.4 Å². The zero-order valence-electron chi connectivity index (χ0n) is 16.6. The van der Waals surface area contributed by atoms with Gasteiger partial charge in [-0.25, -0.2) is 9.78 Å². The zero-order chi connectivity index (χ0) is 20.1. The van der Waals surface area contributed by atoms with Crippen LogP contribution in [0.3, 0.4) is 0 Å². The van der Waals surface area contributed by atoms with Gasteiger partial charge in [-0.3, -0.25) is 4.79 Å². The van der Waals surface area contributed by atoms with Gasteiger partial charge in [0.05, 0.1) is 17.3 Å². The number of hydrogen-bond donors (Lipinski definition) is 2. The number of alkyl carbamates (subject to hydrolysis) is 1. The number of aromatic nitrogens is 1. The van der Waals surface area contributed by atoms with Crippen LogP contribution in [0, 0.1) is 23.7 Å². The standard InChI is InChI=1S/C19H28N4O3/c1-12-13(10-20)8-9-14(22-12)16(24)23-15(18(2,3)4)11-21-17(25)26-19(5,6)7/h8-9,15H,11H2,1-7H3,(H,21,25)(H,23,24). The van der Waals surface area contributed by atoms with Gasteiger partial charge in [0, 0.05) is 6.54 Å². The van der Waals surface area contributed by atoms with E-state index in [1.807, 2.05) is 26.8 Å². The number of nitriles is 1. The first kappa shape index (κ1) is 21.4. The van der Waals surface area contributed by atoms with Crippen LogP contribution in [0.5, 0.6) is 0 Å². The van der Waals surface area contributed by atoms with E-state index in [1.54, 1.807) is 33.8 Å². The Morgan fingerprint density at radius 1 is 1.23 bits per heavy atom. The lowest BCUT2D eigenvalue weighted by Crippen LogP contribution is -2.51. The summed E-state index contributed by atoms with van der Waals surface area (Å²) in [5.74, 6) is -0.358. The van der Waals surface area contributed by atoms with Crippen molar-refractivity contribution in [2.75, 3.05) is 6.54 Å². The summed E-state index contributed by atoms with van der Waals surface area (Å²) in [6.07, 6.45) is -0.534. The molecule has 1 rings (SSSR count). The van der Waals surface area contributed by atoms with Gasteiger partial charge in [0.15, 0.2) is 0 Å². The molecular formula is C19H28N4O3. The van der Waals surface area contributed by atoms with Crippen LogP contribution >= 0.6 is 0 Å². The summed E-state index contributed by atoms with van der Waals surface area (Å²) < 4.78 is 5.23. The highest BCUT2D eigenvalue weighted by Gasteiger charge is 2.28. The molecule has 0 saturated carbocycles. The van der Waals surface area contributed by atoms with Crippen molar-refractivity contribution in [3.05, 3.63) is 29.1 Å². The van der Waals surface area contributed by atoms with Crippen LogP contribution in [0.15, 0.2) is 12.1 Å². The summed E-state index contributed by atoms with van der Waals surface area (Å²) in [6, 6.07) is 4.78. The fourth-order valence-electron chi connectivity index (χ4n) is 2.11. The highest BCUT2D eigenvalue weighted by molar-refractivity contribution is 5.92. The quantitative estimate of drug-likeness (QED) is 0.859. The van der Waals surface area contributed by atoms with Gasteiger partial charge < -0.3 is 15.4 Å². The molecule has 7 nitrogen and oxygen atoms in total. The molecule has 0 aromatic carbocycles. The molecule has 0 saturated heterocycles. The van der Waals surface area contributed by atoms with Crippen molar-refractivity contribution >= 4 is 12.0 Å². The van der Waals surface area contributed by atoms with Gasteiger partial charge in [0.2, 0.25) is 0 Å². The minimum atomic E-state index is -0.589. The maximum atomic E-state index is 12.5. The van der Waals surface area contributed by atoms with Crippen LogP contribution in [0.25, 0.3) is 0 Å². The Bertz CT molecular complexity index is 709. The van der Waals surface area contributed by atoms with E-state index < -0.39 is 11.7 Å². The van der Waals surface area contributed by atoms with E-state index >= 15 is 0 Å². The average molecular weight is 360 g/mol. The van der Waals surface area contributed by atoms with E-state index in [-0.39, 0.29) is 29.6 Å². The number of ether oxygens (including phenoxy) is 1. The molecule has 0 radical (unpaired) electrons. The molecule has 1 heterocycles. The number of nitrogens with one attached hydrogen (secondary N) is 2. The van der Waals surface area contributed by atoms with Crippen LogP contribution in [0.1, 0.15) is 63.3 Å². The van der Waals surface area contributed by atoms with Gasteiger partial charge in [0.25, 0.3) is 5.91 Å². The van der Waals surface area contributed by atoms with Gasteiger partial charge in [-0.2, -0.15) is 5.26 Å². The van der Waals surface area contributed by atoms with Crippen LogP contribution < -0.4 is 10.6 Å². The van der Waals surface area contributed by atoms with Crippen LogP contribution in [0.2, 0.25) is 0 Å². The molecule has 26 heavy (non-hydrogen) atoms. The van der Waals surface area contributed by atoms with Crippen molar-refractivity contribution in [2.24, 2.45) is 5.41 Å². The van der Waals surface area contributed by atoms with E-state index in [0.29, 0.717) is 11.3 Å². The predicted octanol–water partition coefficient (Wildman–Crippen LogP) is 2.93. The van der Waals surface area contributed by atoms with Gasteiger partial charge in [-0.1, -0.05) is 20.8 Å². The third-order valence-electron chi connectivity index (χ3n) is 3.64. The lowest BCUT2D eigenvalue weighted by Gasteiger charge is -2.32. The molecule has 142 valence electrons. The number of carbonyl (C=O) groups excluding carboxylic acids is 2.